The summed E-state index contributed by atoms with van der Waals surface area (Å²) in [6.45, 7) is 5.36. The van der Waals surface area contributed by atoms with Crippen LogP contribution in [-0.2, 0) is 0 Å². The van der Waals surface area contributed by atoms with E-state index in [0.29, 0.717) is 13.2 Å². The first kappa shape index (κ1) is 29.9. The highest BCUT2D eigenvalue weighted by Gasteiger charge is 2.24. The summed E-state index contributed by atoms with van der Waals surface area (Å²) in [5.41, 5.74) is 0. The Morgan fingerprint density at radius 1 is 0.526 bits per heavy atom. The monoisotopic (exact) mass is 540 g/mol. The quantitative estimate of drug-likeness (QED) is 0.158. The Bertz CT molecular complexity index is 913. The summed E-state index contributed by atoms with van der Waals surface area (Å²) in [6.07, 6.45) is 8.82. The summed E-state index contributed by atoms with van der Waals surface area (Å²) in [5.74, 6) is -4.19. The van der Waals surface area contributed by atoms with Gasteiger partial charge < -0.3 is 18.9 Å². The molecule has 4 nitrogen and oxygen atoms in total. The van der Waals surface area contributed by atoms with Gasteiger partial charge in [0.15, 0.2) is 23.0 Å². The fourth-order valence-electron chi connectivity index (χ4n) is 4.52. The molecule has 0 aliphatic heterocycles. The van der Waals surface area contributed by atoms with Crippen LogP contribution in [0.15, 0.2) is 24.3 Å². The zero-order valence-corrected chi connectivity index (χ0v) is 22.5. The lowest BCUT2D eigenvalue weighted by Crippen LogP contribution is -2.24. The maximum Gasteiger partial charge on any atom is 0.204 e. The molecule has 1 saturated carbocycles. The van der Waals surface area contributed by atoms with Crippen LogP contribution in [-0.4, -0.2) is 26.4 Å². The van der Waals surface area contributed by atoms with Crippen molar-refractivity contribution < 1.29 is 36.5 Å². The maximum atomic E-state index is 14.4. The topological polar surface area (TPSA) is 36.9 Å². The lowest BCUT2D eigenvalue weighted by Gasteiger charge is -2.28. The minimum absolute atomic E-state index is 0.100. The lowest BCUT2D eigenvalue weighted by molar-refractivity contribution is 0.142. The van der Waals surface area contributed by atoms with Crippen molar-refractivity contribution in [1.82, 2.24) is 0 Å². The molecule has 1 aliphatic carbocycles. The second kappa shape index (κ2) is 15.7. The van der Waals surface area contributed by atoms with Gasteiger partial charge in [-0.1, -0.05) is 39.5 Å². The third-order valence-electron chi connectivity index (χ3n) is 6.95. The fraction of sp³-hybridized carbons (Fsp3) is 0.600. The predicted octanol–water partition coefficient (Wildman–Crippen LogP) is 8.65. The van der Waals surface area contributed by atoms with Gasteiger partial charge in [-0.05, 0) is 74.6 Å². The van der Waals surface area contributed by atoms with Gasteiger partial charge in [0.25, 0.3) is 0 Å². The van der Waals surface area contributed by atoms with Gasteiger partial charge in [0.2, 0.25) is 23.3 Å². The minimum Gasteiger partial charge on any atom is -0.490 e. The molecule has 0 unspecified atom stereocenters. The minimum atomic E-state index is -1.04. The third kappa shape index (κ3) is 8.70. The molecular weight excluding hydrogens is 500 g/mol. The van der Waals surface area contributed by atoms with Gasteiger partial charge in [-0.3, -0.25) is 0 Å². The summed E-state index contributed by atoms with van der Waals surface area (Å²) < 4.78 is 79.4. The largest absolute Gasteiger partial charge is 0.490 e. The van der Waals surface area contributed by atoms with Crippen LogP contribution in [0.3, 0.4) is 0 Å². The molecule has 0 atom stereocenters. The molecule has 212 valence electrons. The SMILES string of the molecule is CCCCCOc1ccc(OCC2CCC(COc3ccc(OCCCCC)c(F)c3F)CC2)c(F)c1F. The van der Waals surface area contributed by atoms with Crippen LogP contribution in [0.25, 0.3) is 0 Å². The van der Waals surface area contributed by atoms with Crippen molar-refractivity contribution in [1.29, 1.82) is 0 Å². The van der Waals surface area contributed by atoms with Crippen LogP contribution in [0.1, 0.15) is 78.1 Å². The summed E-state index contributed by atoms with van der Waals surface area (Å²) in [4.78, 5) is 0. The summed E-state index contributed by atoms with van der Waals surface area (Å²) in [7, 11) is 0. The highest BCUT2D eigenvalue weighted by molar-refractivity contribution is 5.36. The zero-order valence-electron chi connectivity index (χ0n) is 22.5. The Labute approximate surface area is 223 Å². The molecule has 0 bridgehead atoms. The molecule has 0 spiro atoms. The molecule has 2 aromatic rings. The van der Waals surface area contributed by atoms with Gasteiger partial charge in [0, 0.05) is 0 Å². The first-order valence-corrected chi connectivity index (χ1v) is 13.9. The fourth-order valence-corrected chi connectivity index (χ4v) is 4.52. The number of ether oxygens (including phenoxy) is 4. The molecule has 0 heterocycles. The van der Waals surface area contributed by atoms with E-state index in [9.17, 15) is 17.6 Å². The van der Waals surface area contributed by atoms with E-state index < -0.39 is 23.3 Å². The molecule has 0 radical (unpaired) electrons. The Hall–Kier alpha value is -2.64. The van der Waals surface area contributed by atoms with Crippen molar-refractivity contribution in [2.45, 2.75) is 78.1 Å². The molecule has 38 heavy (non-hydrogen) atoms. The van der Waals surface area contributed by atoms with E-state index in [4.69, 9.17) is 18.9 Å². The average molecular weight is 541 g/mol. The third-order valence-corrected chi connectivity index (χ3v) is 6.95. The van der Waals surface area contributed by atoms with Crippen molar-refractivity contribution in [3.63, 3.8) is 0 Å². The summed E-state index contributed by atoms with van der Waals surface area (Å²) in [5, 5.41) is 0. The average Bonchev–Trinajstić information content (AvgIpc) is 2.93. The normalized spacial score (nSPS) is 17.3. The zero-order chi connectivity index (χ0) is 27.3. The molecule has 3 rings (SSSR count). The van der Waals surface area contributed by atoms with E-state index >= 15 is 0 Å². The van der Waals surface area contributed by atoms with Crippen molar-refractivity contribution in [2.75, 3.05) is 26.4 Å². The maximum absolute atomic E-state index is 14.4. The Morgan fingerprint density at radius 3 is 1.16 bits per heavy atom. The van der Waals surface area contributed by atoms with Gasteiger partial charge in [0.1, 0.15) is 0 Å². The number of unbranched alkanes of at least 4 members (excludes halogenated alkanes) is 4. The molecule has 2 aromatic carbocycles. The Morgan fingerprint density at radius 2 is 0.842 bits per heavy atom. The van der Waals surface area contributed by atoms with E-state index in [1.165, 1.54) is 24.3 Å². The molecule has 0 N–H and O–H groups in total. The Kier molecular flexibility index (Phi) is 12.4. The molecule has 1 fully saturated rings. The summed E-state index contributed by atoms with van der Waals surface area (Å²) >= 11 is 0. The van der Waals surface area contributed by atoms with Gasteiger partial charge in [-0.25, -0.2) is 0 Å². The van der Waals surface area contributed by atoms with Crippen LogP contribution in [0.4, 0.5) is 17.6 Å². The summed E-state index contributed by atoms with van der Waals surface area (Å²) in [6, 6.07) is 5.62. The van der Waals surface area contributed by atoms with Crippen molar-refractivity contribution in [2.24, 2.45) is 11.8 Å². The second-order valence-corrected chi connectivity index (χ2v) is 10.00. The van der Waals surface area contributed by atoms with Crippen LogP contribution in [0.5, 0.6) is 23.0 Å². The van der Waals surface area contributed by atoms with Crippen molar-refractivity contribution in [3.8, 4) is 23.0 Å². The van der Waals surface area contributed by atoms with Crippen molar-refractivity contribution >= 4 is 0 Å². The van der Waals surface area contributed by atoms with E-state index in [2.05, 4.69) is 13.8 Å². The standard InChI is InChI=1S/C30H40F4O4/c1-3-5-7-17-35-23-13-15-25(29(33)27(23)31)37-19-21-9-11-22(12-10-21)20-38-26-16-14-24(28(32)30(26)34)36-18-8-6-4-2/h13-16,21-22H,3-12,17-20H2,1-2H3. The molecule has 0 amide bonds. The number of rotatable bonds is 16. The molecular formula is C30H40F4O4. The first-order valence-electron chi connectivity index (χ1n) is 13.9. The van der Waals surface area contributed by atoms with Crippen LogP contribution >= 0.6 is 0 Å². The number of halogens is 4. The van der Waals surface area contributed by atoms with Gasteiger partial charge >= 0.3 is 0 Å². The Balaban J connectivity index is 1.40. The van der Waals surface area contributed by atoms with E-state index in [1.807, 2.05) is 0 Å². The van der Waals surface area contributed by atoms with Gasteiger partial charge in [-0.15, -0.1) is 0 Å². The van der Waals surface area contributed by atoms with E-state index in [-0.39, 0.29) is 48.0 Å². The van der Waals surface area contributed by atoms with Gasteiger partial charge in [0.05, 0.1) is 26.4 Å². The lowest BCUT2D eigenvalue weighted by atomic mass is 9.83. The first-order chi connectivity index (χ1) is 18.4. The molecule has 1 aliphatic rings. The highest BCUT2D eigenvalue weighted by Crippen LogP contribution is 2.33. The second-order valence-electron chi connectivity index (χ2n) is 10.00. The highest BCUT2D eigenvalue weighted by atomic mass is 19.2. The number of hydrogen-bond donors (Lipinski definition) is 0. The van der Waals surface area contributed by atoms with Crippen LogP contribution < -0.4 is 18.9 Å². The molecule has 8 heteroatoms. The molecule has 0 saturated heterocycles. The van der Waals surface area contributed by atoms with E-state index in [1.54, 1.807) is 0 Å². The van der Waals surface area contributed by atoms with Gasteiger partial charge in [-0.2, -0.15) is 17.6 Å². The number of hydrogen-bond acceptors (Lipinski definition) is 4. The molecule has 0 aromatic heterocycles. The van der Waals surface area contributed by atoms with E-state index in [0.717, 1.165) is 64.2 Å². The van der Waals surface area contributed by atoms with Crippen molar-refractivity contribution in [3.05, 3.63) is 47.5 Å². The predicted molar refractivity (Wildman–Crippen MR) is 139 cm³/mol. The van der Waals surface area contributed by atoms with Crippen LogP contribution in [0.2, 0.25) is 0 Å². The van der Waals surface area contributed by atoms with Crippen LogP contribution in [0, 0.1) is 35.1 Å². The smallest absolute Gasteiger partial charge is 0.204 e. The number of benzene rings is 2.